The fourth-order valence-electron chi connectivity index (χ4n) is 0.717. The Morgan fingerprint density at radius 1 is 2.00 bits per heavy atom. The zero-order valence-corrected chi connectivity index (χ0v) is 6.28. The van der Waals surface area contributed by atoms with Crippen LogP contribution >= 0.6 is 11.6 Å². The van der Waals surface area contributed by atoms with E-state index < -0.39 is 18.1 Å². The Balaban J connectivity index is 2.47. The second-order valence-electron chi connectivity index (χ2n) is 2.18. The minimum Gasteiger partial charge on any atom is -0.480 e. The summed E-state index contributed by atoms with van der Waals surface area (Å²) in [5.74, 6) is -1.11. The van der Waals surface area contributed by atoms with Gasteiger partial charge in [-0.05, 0) is 0 Å². The first-order chi connectivity index (χ1) is 5.11. The van der Waals surface area contributed by atoms with E-state index in [2.05, 4.69) is 9.99 Å². The van der Waals surface area contributed by atoms with E-state index in [0.29, 0.717) is 0 Å². The molecule has 0 aromatic carbocycles. The van der Waals surface area contributed by atoms with Crippen LogP contribution in [0.3, 0.4) is 0 Å². The Morgan fingerprint density at radius 3 is 3.00 bits per heavy atom. The van der Waals surface area contributed by atoms with Gasteiger partial charge in [0.2, 0.25) is 0 Å². The number of carboxylic acid groups (broad SMARTS) is 1. The number of carbonyl (C=O) groups is 1. The van der Waals surface area contributed by atoms with Gasteiger partial charge in [0.1, 0.15) is 11.2 Å². The number of aliphatic carboxylic acids is 1. The number of carboxylic acids is 1. The average Bonchev–Trinajstić information content (AvgIpc) is 2.34. The molecule has 1 heterocycles. The molecule has 1 unspecified atom stereocenters. The first-order valence-electron chi connectivity index (χ1n) is 2.98. The molecular formula is C5H7ClN2O3. The summed E-state index contributed by atoms with van der Waals surface area (Å²) in [4.78, 5) is 14.9. The van der Waals surface area contributed by atoms with Crippen molar-refractivity contribution in [3.63, 3.8) is 0 Å². The monoisotopic (exact) mass is 178 g/mol. The van der Waals surface area contributed by atoms with Crippen LogP contribution in [0.25, 0.3) is 0 Å². The number of nitrogens with zero attached hydrogens (tertiary/aromatic N) is 1. The summed E-state index contributed by atoms with van der Waals surface area (Å²) in [6.45, 7) is 0. The van der Waals surface area contributed by atoms with Gasteiger partial charge in [-0.25, -0.2) is 0 Å². The highest BCUT2D eigenvalue weighted by Crippen LogP contribution is 2.14. The molecule has 5 nitrogen and oxygen atoms in total. The van der Waals surface area contributed by atoms with Crippen LogP contribution in [0.5, 0.6) is 0 Å². The van der Waals surface area contributed by atoms with E-state index in [-0.39, 0.29) is 11.6 Å². The standard InChI is InChI=1S/C5H7ClN2O3/c6-3-1-2(11-8-3)4(7)5(9)10/h2,4H,1,7H2,(H,9,10)/t2-,4?/m1/s1. The van der Waals surface area contributed by atoms with Crippen LogP contribution in [0, 0.1) is 0 Å². The van der Waals surface area contributed by atoms with Crippen molar-refractivity contribution < 1.29 is 14.7 Å². The van der Waals surface area contributed by atoms with E-state index in [1.54, 1.807) is 0 Å². The molecular weight excluding hydrogens is 172 g/mol. The van der Waals surface area contributed by atoms with Gasteiger partial charge < -0.3 is 15.7 Å². The minimum absolute atomic E-state index is 0.256. The number of hydrogen-bond acceptors (Lipinski definition) is 4. The van der Waals surface area contributed by atoms with Gasteiger partial charge in [-0.2, -0.15) is 0 Å². The van der Waals surface area contributed by atoms with E-state index in [1.807, 2.05) is 0 Å². The summed E-state index contributed by atoms with van der Waals surface area (Å²) < 4.78 is 0. The van der Waals surface area contributed by atoms with Gasteiger partial charge in [-0.15, -0.1) is 0 Å². The van der Waals surface area contributed by atoms with E-state index in [0.717, 1.165) is 0 Å². The highest BCUT2D eigenvalue weighted by molar-refractivity contribution is 6.65. The van der Waals surface area contributed by atoms with Crippen LogP contribution in [0.4, 0.5) is 0 Å². The first-order valence-corrected chi connectivity index (χ1v) is 3.35. The SMILES string of the molecule is NC(C(=O)O)[C@H]1CC(Cl)=NO1. The van der Waals surface area contributed by atoms with Crippen molar-refractivity contribution in [1.82, 2.24) is 0 Å². The number of oxime groups is 1. The van der Waals surface area contributed by atoms with Gasteiger partial charge in [0.15, 0.2) is 6.10 Å². The molecule has 1 aliphatic rings. The summed E-state index contributed by atoms with van der Waals surface area (Å²) >= 11 is 5.43. The molecule has 0 aromatic heterocycles. The van der Waals surface area contributed by atoms with E-state index in [4.69, 9.17) is 22.4 Å². The second-order valence-corrected chi connectivity index (χ2v) is 2.62. The molecule has 2 atom stereocenters. The third-order valence-corrected chi connectivity index (χ3v) is 1.57. The van der Waals surface area contributed by atoms with E-state index >= 15 is 0 Å². The van der Waals surface area contributed by atoms with Crippen molar-refractivity contribution in [3.05, 3.63) is 0 Å². The van der Waals surface area contributed by atoms with Gasteiger partial charge in [0, 0.05) is 6.42 Å². The van der Waals surface area contributed by atoms with Gasteiger partial charge in [-0.1, -0.05) is 16.8 Å². The smallest absolute Gasteiger partial charge is 0.324 e. The Labute approximate surface area is 67.8 Å². The van der Waals surface area contributed by atoms with Crippen LogP contribution in [0.2, 0.25) is 0 Å². The van der Waals surface area contributed by atoms with Crippen molar-refractivity contribution in [2.75, 3.05) is 0 Å². The number of hydrogen-bond donors (Lipinski definition) is 2. The Bertz CT molecular complexity index is 206. The van der Waals surface area contributed by atoms with Gasteiger partial charge in [0.05, 0.1) is 0 Å². The van der Waals surface area contributed by atoms with Crippen molar-refractivity contribution in [2.24, 2.45) is 10.9 Å². The van der Waals surface area contributed by atoms with E-state index in [1.165, 1.54) is 0 Å². The van der Waals surface area contributed by atoms with Gasteiger partial charge in [0.25, 0.3) is 0 Å². The minimum atomic E-state index is -1.11. The fourth-order valence-corrected chi connectivity index (χ4v) is 0.909. The van der Waals surface area contributed by atoms with Gasteiger partial charge >= 0.3 is 5.97 Å². The molecule has 11 heavy (non-hydrogen) atoms. The molecule has 0 aromatic rings. The predicted molar refractivity (Wildman–Crippen MR) is 38.4 cm³/mol. The summed E-state index contributed by atoms with van der Waals surface area (Å²) in [6.07, 6.45) is -0.352. The quantitative estimate of drug-likeness (QED) is 0.610. The largest absolute Gasteiger partial charge is 0.480 e. The molecule has 0 saturated heterocycles. The molecule has 0 saturated carbocycles. The van der Waals surface area contributed by atoms with Crippen LogP contribution in [-0.2, 0) is 9.63 Å². The molecule has 1 aliphatic heterocycles. The molecule has 0 radical (unpaired) electrons. The molecule has 0 fully saturated rings. The topological polar surface area (TPSA) is 84.9 Å². The maximum atomic E-state index is 10.3. The lowest BCUT2D eigenvalue weighted by Crippen LogP contribution is -2.41. The molecule has 62 valence electrons. The molecule has 0 amide bonds. The van der Waals surface area contributed by atoms with Crippen molar-refractivity contribution in [3.8, 4) is 0 Å². The molecule has 0 bridgehead atoms. The summed E-state index contributed by atoms with van der Waals surface area (Å²) in [6, 6.07) is -1.06. The van der Waals surface area contributed by atoms with Crippen LogP contribution in [-0.4, -0.2) is 28.4 Å². The third kappa shape index (κ3) is 1.81. The molecule has 0 aliphatic carbocycles. The molecule has 1 rings (SSSR count). The summed E-state index contributed by atoms with van der Waals surface area (Å²) in [7, 11) is 0. The maximum Gasteiger partial charge on any atom is 0.324 e. The fraction of sp³-hybridized carbons (Fsp3) is 0.600. The maximum absolute atomic E-state index is 10.3. The van der Waals surface area contributed by atoms with E-state index in [9.17, 15) is 4.79 Å². The molecule has 3 N–H and O–H groups in total. The number of nitrogens with two attached hydrogens (primary N) is 1. The lowest BCUT2D eigenvalue weighted by Gasteiger charge is -2.11. The average molecular weight is 179 g/mol. The predicted octanol–water partition coefficient (Wildman–Crippen LogP) is -0.260. The highest BCUT2D eigenvalue weighted by atomic mass is 35.5. The number of halogens is 1. The Morgan fingerprint density at radius 2 is 2.64 bits per heavy atom. The number of rotatable bonds is 2. The normalized spacial score (nSPS) is 25.6. The second kappa shape index (κ2) is 3.06. The molecule has 0 spiro atoms. The molecule has 6 heteroatoms. The zero-order chi connectivity index (χ0) is 8.43. The van der Waals surface area contributed by atoms with Crippen molar-refractivity contribution in [1.29, 1.82) is 0 Å². The summed E-state index contributed by atoms with van der Waals surface area (Å²) in [5, 5.41) is 12.0. The highest BCUT2D eigenvalue weighted by Gasteiger charge is 2.30. The Kier molecular flexibility index (Phi) is 2.31. The van der Waals surface area contributed by atoms with Crippen molar-refractivity contribution >= 4 is 22.7 Å². The first kappa shape index (κ1) is 8.29. The Hall–Kier alpha value is -0.810. The lowest BCUT2D eigenvalue weighted by atomic mass is 10.1. The van der Waals surface area contributed by atoms with Crippen molar-refractivity contribution in [2.45, 2.75) is 18.6 Å². The lowest BCUT2D eigenvalue weighted by molar-refractivity contribution is -0.141. The summed E-state index contributed by atoms with van der Waals surface area (Å²) in [5.41, 5.74) is 5.23. The third-order valence-electron chi connectivity index (χ3n) is 1.34. The van der Waals surface area contributed by atoms with Crippen LogP contribution in [0.15, 0.2) is 5.16 Å². The van der Waals surface area contributed by atoms with Crippen LogP contribution < -0.4 is 5.73 Å². The van der Waals surface area contributed by atoms with Crippen LogP contribution in [0.1, 0.15) is 6.42 Å². The van der Waals surface area contributed by atoms with Gasteiger partial charge in [-0.3, -0.25) is 4.79 Å². The zero-order valence-electron chi connectivity index (χ0n) is 5.53.